The van der Waals surface area contributed by atoms with Gasteiger partial charge in [0.15, 0.2) is 0 Å². The van der Waals surface area contributed by atoms with Crippen molar-refractivity contribution in [1.29, 1.82) is 0 Å². The van der Waals surface area contributed by atoms with Gasteiger partial charge in [0.05, 0.1) is 16.7 Å². The van der Waals surface area contributed by atoms with E-state index in [1.165, 1.54) is 0 Å². The van der Waals surface area contributed by atoms with Gasteiger partial charge >= 0.3 is 0 Å². The molecule has 1 aliphatic heterocycles. The van der Waals surface area contributed by atoms with E-state index < -0.39 is 16.4 Å². The van der Waals surface area contributed by atoms with Gasteiger partial charge < -0.3 is 10.6 Å². The number of rotatable bonds is 3. The van der Waals surface area contributed by atoms with Gasteiger partial charge in [0.2, 0.25) is 0 Å². The zero-order valence-corrected chi connectivity index (χ0v) is 10.2. The molecule has 1 heterocycles. The molecular weight excluding hydrogens is 253 g/mol. The van der Waals surface area contributed by atoms with Crippen LogP contribution in [0.25, 0.3) is 0 Å². The second-order valence-corrected chi connectivity index (χ2v) is 4.24. The first-order valence-electron chi connectivity index (χ1n) is 5.63. The number of halogens is 1. The molecule has 6 nitrogen and oxygen atoms in total. The Bertz CT molecular complexity index is 578. The number of nitro groups is 1. The van der Waals surface area contributed by atoms with E-state index in [1.54, 1.807) is 6.92 Å². The lowest BCUT2D eigenvalue weighted by Gasteiger charge is -2.21. The molecule has 0 saturated carbocycles. The molecule has 7 heteroatoms. The number of hydrogen-bond donors (Lipinski definition) is 2. The van der Waals surface area contributed by atoms with Gasteiger partial charge in [-0.25, -0.2) is 4.39 Å². The molecule has 2 N–H and O–H groups in total. The van der Waals surface area contributed by atoms with Crippen molar-refractivity contribution >= 4 is 17.3 Å². The highest BCUT2D eigenvalue weighted by Crippen LogP contribution is 2.21. The lowest BCUT2D eigenvalue weighted by Crippen LogP contribution is -2.36. The summed E-state index contributed by atoms with van der Waals surface area (Å²) in [4.78, 5) is 21.7. The van der Waals surface area contributed by atoms with Crippen LogP contribution < -0.4 is 10.6 Å². The van der Waals surface area contributed by atoms with Crippen molar-refractivity contribution in [2.75, 3.05) is 18.4 Å². The number of amides is 1. The third kappa shape index (κ3) is 2.94. The molecule has 0 atom stereocenters. The molecule has 19 heavy (non-hydrogen) atoms. The number of carbonyl (C=O) groups excluding carboxylic acids is 1. The van der Waals surface area contributed by atoms with Crippen molar-refractivity contribution in [3.63, 3.8) is 0 Å². The Balaban J connectivity index is 2.19. The summed E-state index contributed by atoms with van der Waals surface area (Å²) in [5.41, 5.74) is 1.20. The summed E-state index contributed by atoms with van der Waals surface area (Å²) in [6.45, 7) is 2.98. The summed E-state index contributed by atoms with van der Waals surface area (Å²) >= 11 is 0. The van der Waals surface area contributed by atoms with E-state index in [0.717, 1.165) is 23.8 Å². The van der Waals surface area contributed by atoms with Gasteiger partial charge in [0.1, 0.15) is 5.82 Å². The Labute approximate surface area is 108 Å². The Kier molecular flexibility index (Phi) is 3.57. The van der Waals surface area contributed by atoms with E-state index >= 15 is 0 Å². The highest BCUT2D eigenvalue weighted by molar-refractivity contribution is 6.04. The first-order valence-corrected chi connectivity index (χ1v) is 5.63. The molecule has 2 rings (SSSR count). The van der Waals surface area contributed by atoms with Gasteiger partial charge in [-0.3, -0.25) is 14.9 Å². The molecule has 0 unspecified atom stereocenters. The first kappa shape index (κ1) is 13.2. The molecule has 100 valence electrons. The lowest BCUT2D eigenvalue weighted by atomic mass is 10.0. The van der Waals surface area contributed by atoms with Gasteiger partial charge in [-0.2, -0.15) is 0 Å². The summed E-state index contributed by atoms with van der Waals surface area (Å²) in [5, 5.41) is 16.1. The molecule has 1 aliphatic rings. The van der Waals surface area contributed by atoms with Crippen LogP contribution in [0.3, 0.4) is 0 Å². The van der Waals surface area contributed by atoms with Crippen LogP contribution in [0, 0.1) is 15.9 Å². The monoisotopic (exact) mass is 265 g/mol. The number of nitrogens with zero attached hydrogens (tertiary/aromatic N) is 1. The molecule has 0 radical (unpaired) electrons. The van der Waals surface area contributed by atoms with Crippen LogP contribution >= 0.6 is 0 Å². The molecule has 1 saturated heterocycles. The maximum absolute atomic E-state index is 13.2. The quantitative estimate of drug-likeness (QED) is 0.494. The highest BCUT2D eigenvalue weighted by atomic mass is 19.1. The Hall–Kier alpha value is -2.28. The van der Waals surface area contributed by atoms with Crippen molar-refractivity contribution in [3.8, 4) is 0 Å². The summed E-state index contributed by atoms with van der Waals surface area (Å²) in [6, 6.07) is 2.97. The Morgan fingerprint density at radius 3 is 2.63 bits per heavy atom. The van der Waals surface area contributed by atoms with E-state index in [0.29, 0.717) is 18.7 Å². The topological polar surface area (TPSA) is 84.3 Å². The van der Waals surface area contributed by atoms with Crippen molar-refractivity contribution in [2.24, 2.45) is 0 Å². The van der Waals surface area contributed by atoms with E-state index in [2.05, 4.69) is 10.6 Å². The van der Waals surface area contributed by atoms with Crippen LogP contribution in [0.2, 0.25) is 0 Å². The second-order valence-electron chi connectivity index (χ2n) is 4.24. The van der Waals surface area contributed by atoms with E-state index in [9.17, 15) is 19.3 Å². The molecule has 0 bridgehead atoms. The second kappa shape index (κ2) is 5.15. The molecular formula is C12H12FN3O3. The van der Waals surface area contributed by atoms with E-state index in [4.69, 9.17) is 0 Å². The number of nitro benzene ring substituents is 1. The fourth-order valence-corrected chi connectivity index (χ4v) is 1.65. The fraction of sp³-hybridized carbons (Fsp3) is 0.250. The van der Waals surface area contributed by atoms with Gasteiger partial charge in [-0.05, 0) is 18.6 Å². The van der Waals surface area contributed by atoms with E-state index in [-0.39, 0.29) is 11.6 Å². The zero-order chi connectivity index (χ0) is 14.0. The van der Waals surface area contributed by atoms with Crippen molar-refractivity contribution in [1.82, 2.24) is 5.32 Å². The van der Waals surface area contributed by atoms with Crippen LogP contribution in [0.4, 0.5) is 15.8 Å². The van der Waals surface area contributed by atoms with Gasteiger partial charge in [-0.15, -0.1) is 0 Å². The third-order valence-corrected chi connectivity index (χ3v) is 2.90. The summed E-state index contributed by atoms with van der Waals surface area (Å²) in [5.74, 6) is -1.14. The maximum Gasteiger partial charge on any atom is 0.274 e. The van der Waals surface area contributed by atoms with Crippen LogP contribution in [0.15, 0.2) is 29.3 Å². The number of hydrogen-bond acceptors (Lipinski definition) is 4. The van der Waals surface area contributed by atoms with Crippen LogP contribution in [-0.4, -0.2) is 23.9 Å². The number of non-ortho nitro benzene ring substituents is 1. The average molecular weight is 265 g/mol. The minimum Gasteiger partial charge on any atom is -0.322 e. The smallest absolute Gasteiger partial charge is 0.274 e. The summed E-state index contributed by atoms with van der Waals surface area (Å²) in [7, 11) is 0. The van der Waals surface area contributed by atoms with Crippen molar-refractivity contribution < 1.29 is 14.1 Å². The van der Waals surface area contributed by atoms with Crippen LogP contribution in [-0.2, 0) is 4.79 Å². The number of nitrogens with one attached hydrogen (secondary N) is 2. The molecule has 1 amide bonds. The highest BCUT2D eigenvalue weighted by Gasteiger charge is 2.17. The maximum atomic E-state index is 13.2. The van der Waals surface area contributed by atoms with Crippen LogP contribution in [0.1, 0.15) is 6.92 Å². The van der Waals surface area contributed by atoms with Crippen molar-refractivity contribution in [3.05, 3.63) is 45.3 Å². The van der Waals surface area contributed by atoms with Gasteiger partial charge in [0.25, 0.3) is 11.6 Å². The normalized spacial score (nSPS) is 13.7. The standard InChI is InChI=1S/C12H12FN3O3/c1-7(8-5-14-6-8)12(17)15-10-2-9(13)3-11(4-10)16(18)19/h2-4,14H,5-6H2,1H3,(H,15,17). The Morgan fingerprint density at radius 1 is 1.42 bits per heavy atom. The Morgan fingerprint density at radius 2 is 2.11 bits per heavy atom. The van der Waals surface area contributed by atoms with E-state index in [1.807, 2.05) is 0 Å². The minimum atomic E-state index is -0.764. The van der Waals surface area contributed by atoms with Crippen molar-refractivity contribution in [2.45, 2.75) is 6.92 Å². The predicted octanol–water partition coefficient (Wildman–Crippen LogP) is 1.59. The SMILES string of the molecule is CC(C(=O)Nc1cc(F)cc([N+](=O)[O-])c1)=C1CNC1. The predicted molar refractivity (Wildman–Crippen MR) is 67.3 cm³/mol. The molecule has 0 aliphatic carbocycles. The fourth-order valence-electron chi connectivity index (χ4n) is 1.65. The van der Waals surface area contributed by atoms with Gasteiger partial charge in [-0.1, -0.05) is 0 Å². The summed E-state index contributed by atoms with van der Waals surface area (Å²) < 4.78 is 13.2. The number of carbonyl (C=O) groups is 1. The molecule has 1 aromatic carbocycles. The molecule has 0 aromatic heterocycles. The number of benzene rings is 1. The molecule has 1 fully saturated rings. The number of anilines is 1. The first-order chi connectivity index (χ1) is 8.97. The van der Waals surface area contributed by atoms with Gasteiger partial charge in [0, 0.05) is 24.7 Å². The lowest BCUT2D eigenvalue weighted by molar-refractivity contribution is -0.385. The minimum absolute atomic E-state index is 0.0731. The molecule has 1 aromatic rings. The average Bonchev–Trinajstić information content (AvgIpc) is 2.25. The molecule has 0 spiro atoms. The van der Waals surface area contributed by atoms with Crippen LogP contribution in [0.5, 0.6) is 0 Å². The summed E-state index contributed by atoms with van der Waals surface area (Å²) in [6.07, 6.45) is 0. The third-order valence-electron chi connectivity index (χ3n) is 2.90. The largest absolute Gasteiger partial charge is 0.322 e. The zero-order valence-electron chi connectivity index (χ0n) is 10.2.